The highest BCUT2D eigenvalue weighted by atomic mass is 16.5. The van der Waals surface area contributed by atoms with Crippen LogP contribution in [0, 0.1) is 13.8 Å². The van der Waals surface area contributed by atoms with Gasteiger partial charge in [0.05, 0.1) is 0 Å². The highest BCUT2D eigenvalue weighted by Crippen LogP contribution is 2.44. The Morgan fingerprint density at radius 1 is 0.903 bits per heavy atom. The second-order valence-electron chi connectivity index (χ2n) is 8.02. The number of nitrogens with one attached hydrogen (secondary N) is 1. The number of ether oxygens (including phenoxy) is 1. The van der Waals surface area contributed by atoms with Gasteiger partial charge in [-0.3, -0.25) is 0 Å². The average molecular weight is 418 g/mol. The highest BCUT2D eigenvalue weighted by molar-refractivity contribution is 5.79. The maximum Gasteiger partial charge on any atom is 0.407 e. The molecule has 0 aromatic heterocycles. The molecule has 1 aliphatic rings. The molecule has 0 bridgehead atoms. The molecule has 0 saturated carbocycles. The van der Waals surface area contributed by atoms with Crippen LogP contribution >= 0.6 is 0 Å². The Balaban J connectivity index is 1.36. The first kappa shape index (κ1) is 21.1. The number of alkyl carbamates (subject to hydrolysis) is 1. The van der Waals surface area contributed by atoms with E-state index < -0.39 is 18.3 Å². The third-order valence-electron chi connectivity index (χ3n) is 6.00. The predicted octanol–water partition coefficient (Wildman–Crippen LogP) is 4.24. The molecule has 4 rings (SSSR count). The number of hydrogen-bond donors (Lipinski definition) is 3. The summed E-state index contributed by atoms with van der Waals surface area (Å²) in [7, 11) is 0. The summed E-state index contributed by atoms with van der Waals surface area (Å²) in [5, 5.41) is 23.5. The molecular formula is C26H27NO4. The number of benzene rings is 3. The van der Waals surface area contributed by atoms with E-state index >= 15 is 0 Å². The van der Waals surface area contributed by atoms with Crippen molar-refractivity contribution in [3.05, 3.63) is 94.5 Å². The van der Waals surface area contributed by atoms with Crippen LogP contribution in [-0.4, -0.2) is 35.6 Å². The Bertz CT molecular complexity index is 1030. The molecule has 3 N–H and O–H groups in total. The summed E-state index contributed by atoms with van der Waals surface area (Å²) in [6.45, 7) is 3.87. The summed E-state index contributed by atoms with van der Waals surface area (Å²) in [6.07, 6.45) is -2.84. The predicted molar refractivity (Wildman–Crippen MR) is 120 cm³/mol. The summed E-state index contributed by atoms with van der Waals surface area (Å²) >= 11 is 0. The van der Waals surface area contributed by atoms with Gasteiger partial charge in [-0.05, 0) is 52.8 Å². The van der Waals surface area contributed by atoms with Crippen molar-refractivity contribution in [1.29, 1.82) is 0 Å². The molecule has 5 heteroatoms. The number of fused-ring (bicyclic) bond motifs is 3. The van der Waals surface area contributed by atoms with Crippen LogP contribution in [0.2, 0.25) is 0 Å². The van der Waals surface area contributed by atoms with Crippen molar-refractivity contribution in [3.8, 4) is 11.1 Å². The minimum atomic E-state index is -1.14. The molecule has 31 heavy (non-hydrogen) atoms. The van der Waals surface area contributed by atoms with Crippen molar-refractivity contribution in [2.75, 3.05) is 13.2 Å². The Morgan fingerprint density at radius 2 is 1.45 bits per heavy atom. The number of aryl methyl sites for hydroxylation is 2. The number of amides is 1. The van der Waals surface area contributed by atoms with E-state index in [0.717, 1.165) is 22.3 Å². The van der Waals surface area contributed by atoms with Crippen LogP contribution in [0.5, 0.6) is 0 Å². The van der Waals surface area contributed by atoms with Gasteiger partial charge in [0.25, 0.3) is 0 Å². The molecular weight excluding hydrogens is 390 g/mol. The number of rotatable bonds is 6. The second kappa shape index (κ2) is 8.92. The Morgan fingerprint density at radius 3 is 2.03 bits per heavy atom. The lowest BCUT2D eigenvalue weighted by Crippen LogP contribution is -2.36. The maximum absolute atomic E-state index is 12.3. The SMILES string of the molecule is Cc1cccc(C)c1C(O)C(O)CNC(=O)OCC1c2ccccc2-c2ccccc21. The van der Waals surface area contributed by atoms with E-state index in [-0.39, 0.29) is 19.1 Å². The van der Waals surface area contributed by atoms with Gasteiger partial charge in [-0.2, -0.15) is 0 Å². The van der Waals surface area contributed by atoms with Crippen molar-refractivity contribution in [2.45, 2.75) is 32.0 Å². The van der Waals surface area contributed by atoms with Gasteiger partial charge >= 0.3 is 6.09 Å². The normalized spacial score (nSPS) is 14.5. The summed E-state index contributed by atoms with van der Waals surface area (Å²) < 4.78 is 5.48. The average Bonchev–Trinajstić information content (AvgIpc) is 3.09. The van der Waals surface area contributed by atoms with Crippen molar-refractivity contribution in [3.63, 3.8) is 0 Å². The van der Waals surface area contributed by atoms with Gasteiger partial charge in [-0.15, -0.1) is 0 Å². The van der Waals surface area contributed by atoms with Crippen molar-refractivity contribution in [2.24, 2.45) is 0 Å². The molecule has 0 heterocycles. The Kier molecular flexibility index (Phi) is 6.07. The fourth-order valence-electron chi connectivity index (χ4n) is 4.44. The van der Waals surface area contributed by atoms with E-state index in [4.69, 9.17) is 4.74 Å². The summed E-state index contributed by atoms with van der Waals surface area (Å²) in [5.74, 6) is -0.0247. The lowest BCUT2D eigenvalue weighted by molar-refractivity contribution is 0.0178. The van der Waals surface area contributed by atoms with Crippen LogP contribution < -0.4 is 5.32 Å². The first-order valence-electron chi connectivity index (χ1n) is 10.5. The fraction of sp³-hybridized carbons (Fsp3) is 0.269. The number of carbonyl (C=O) groups excluding carboxylic acids is 1. The summed E-state index contributed by atoms with van der Waals surface area (Å²) in [6, 6.07) is 22.0. The zero-order valence-electron chi connectivity index (χ0n) is 17.7. The maximum atomic E-state index is 12.3. The lowest BCUT2D eigenvalue weighted by Gasteiger charge is -2.22. The van der Waals surface area contributed by atoms with E-state index in [9.17, 15) is 15.0 Å². The van der Waals surface area contributed by atoms with Crippen molar-refractivity contribution in [1.82, 2.24) is 5.32 Å². The number of carbonyl (C=O) groups is 1. The number of aliphatic hydroxyl groups excluding tert-OH is 2. The van der Waals surface area contributed by atoms with Gasteiger partial charge in [-0.1, -0.05) is 66.7 Å². The number of aliphatic hydroxyl groups is 2. The monoisotopic (exact) mass is 417 g/mol. The molecule has 0 spiro atoms. The number of hydrogen-bond acceptors (Lipinski definition) is 4. The third kappa shape index (κ3) is 4.20. The molecule has 2 unspecified atom stereocenters. The van der Waals surface area contributed by atoms with E-state index in [0.29, 0.717) is 5.56 Å². The zero-order chi connectivity index (χ0) is 22.0. The molecule has 1 amide bonds. The van der Waals surface area contributed by atoms with Crippen LogP contribution in [0.15, 0.2) is 66.7 Å². The molecule has 0 aliphatic heterocycles. The van der Waals surface area contributed by atoms with Crippen LogP contribution in [0.4, 0.5) is 4.79 Å². The van der Waals surface area contributed by atoms with Crippen LogP contribution in [0.3, 0.4) is 0 Å². The van der Waals surface area contributed by atoms with Gasteiger partial charge in [0, 0.05) is 12.5 Å². The smallest absolute Gasteiger partial charge is 0.407 e. The van der Waals surface area contributed by atoms with Gasteiger partial charge in [0.2, 0.25) is 0 Å². The third-order valence-corrected chi connectivity index (χ3v) is 6.00. The molecule has 1 aliphatic carbocycles. The van der Waals surface area contributed by atoms with E-state index in [1.165, 1.54) is 11.1 Å². The van der Waals surface area contributed by atoms with Gasteiger partial charge in [0.15, 0.2) is 0 Å². The molecule has 3 aromatic rings. The van der Waals surface area contributed by atoms with Crippen LogP contribution in [0.1, 0.15) is 39.8 Å². The lowest BCUT2D eigenvalue weighted by atomic mass is 9.95. The molecule has 5 nitrogen and oxygen atoms in total. The van der Waals surface area contributed by atoms with Crippen LogP contribution in [0.25, 0.3) is 11.1 Å². The fourth-order valence-corrected chi connectivity index (χ4v) is 4.44. The molecule has 160 valence electrons. The quantitative estimate of drug-likeness (QED) is 0.561. The second-order valence-corrected chi connectivity index (χ2v) is 8.02. The van der Waals surface area contributed by atoms with E-state index in [1.54, 1.807) is 0 Å². The highest BCUT2D eigenvalue weighted by Gasteiger charge is 2.29. The van der Waals surface area contributed by atoms with Gasteiger partial charge in [0.1, 0.15) is 18.8 Å². The first-order valence-corrected chi connectivity index (χ1v) is 10.5. The molecule has 0 saturated heterocycles. The Labute approximate surface area is 182 Å². The Hall–Kier alpha value is -3.15. The zero-order valence-corrected chi connectivity index (χ0v) is 17.7. The molecule has 3 aromatic carbocycles. The van der Waals surface area contributed by atoms with Crippen molar-refractivity contribution < 1.29 is 19.7 Å². The standard InChI is InChI=1S/C26H27NO4/c1-16-8-7-9-17(2)24(16)25(29)23(28)14-27-26(30)31-15-22-20-12-5-3-10-18(20)19-11-4-6-13-21(19)22/h3-13,22-23,25,28-29H,14-15H2,1-2H3,(H,27,30). The van der Waals surface area contributed by atoms with E-state index in [1.807, 2.05) is 56.3 Å². The topological polar surface area (TPSA) is 78.8 Å². The van der Waals surface area contributed by atoms with Crippen LogP contribution in [-0.2, 0) is 4.74 Å². The van der Waals surface area contributed by atoms with Gasteiger partial charge in [-0.25, -0.2) is 4.79 Å². The van der Waals surface area contributed by atoms with E-state index in [2.05, 4.69) is 29.6 Å². The minimum Gasteiger partial charge on any atom is -0.449 e. The molecule has 2 atom stereocenters. The summed E-state index contributed by atoms with van der Waals surface area (Å²) in [5.41, 5.74) is 7.09. The van der Waals surface area contributed by atoms with Crippen molar-refractivity contribution >= 4 is 6.09 Å². The largest absolute Gasteiger partial charge is 0.449 e. The summed E-state index contributed by atoms with van der Waals surface area (Å²) in [4.78, 5) is 12.3. The minimum absolute atomic E-state index is 0.0247. The van der Waals surface area contributed by atoms with Gasteiger partial charge < -0.3 is 20.3 Å². The first-order chi connectivity index (χ1) is 15.0. The molecule has 0 fully saturated rings. The molecule has 0 radical (unpaired) electrons.